The third-order valence-electron chi connectivity index (χ3n) is 2.98. The van der Waals surface area contributed by atoms with E-state index in [1.165, 1.54) is 0 Å². The molecule has 0 radical (unpaired) electrons. The van der Waals surface area contributed by atoms with E-state index < -0.39 is 5.97 Å². The molecule has 0 saturated carbocycles. The topological polar surface area (TPSA) is 75.2 Å². The molecule has 17 heavy (non-hydrogen) atoms. The Kier molecular flexibility index (Phi) is 2.33. The molecule has 0 amide bonds. The summed E-state index contributed by atoms with van der Waals surface area (Å²) < 4.78 is 5.54. The van der Waals surface area contributed by atoms with Crippen molar-refractivity contribution >= 4 is 17.0 Å². The second-order valence-corrected chi connectivity index (χ2v) is 4.16. The third kappa shape index (κ3) is 1.78. The number of aromatic amines is 1. The Hall–Kier alpha value is -1.88. The molecule has 2 aromatic rings. The molecule has 88 valence electrons. The van der Waals surface area contributed by atoms with Crippen molar-refractivity contribution in [2.24, 2.45) is 0 Å². The first-order chi connectivity index (χ1) is 8.24. The van der Waals surface area contributed by atoms with Crippen LogP contribution in [0.1, 0.15) is 35.1 Å². The van der Waals surface area contributed by atoms with E-state index in [9.17, 15) is 4.79 Å². The normalized spacial score (nSPS) is 19.9. The molecule has 1 aromatic carbocycles. The van der Waals surface area contributed by atoms with Crippen molar-refractivity contribution in [1.29, 1.82) is 0 Å². The smallest absolute Gasteiger partial charge is 0.335 e. The molecule has 1 fully saturated rings. The van der Waals surface area contributed by atoms with Crippen LogP contribution in [0.15, 0.2) is 18.2 Å². The van der Waals surface area contributed by atoms with E-state index >= 15 is 0 Å². The number of rotatable bonds is 2. The van der Waals surface area contributed by atoms with Gasteiger partial charge in [-0.25, -0.2) is 9.78 Å². The first-order valence-electron chi connectivity index (χ1n) is 5.58. The third-order valence-corrected chi connectivity index (χ3v) is 2.98. The van der Waals surface area contributed by atoms with E-state index in [0.717, 1.165) is 36.3 Å². The second-order valence-electron chi connectivity index (χ2n) is 4.16. The zero-order chi connectivity index (χ0) is 11.8. The lowest BCUT2D eigenvalue weighted by molar-refractivity contribution is 0.0697. The minimum atomic E-state index is -0.930. The van der Waals surface area contributed by atoms with Gasteiger partial charge >= 0.3 is 5.97 Å². The number of nitrogens with one attached hydrogen (secondary N) is 1. The van der Waals surface area contributed by atoms with Crippen LogP contribution in [-0.4, -0.2) is 27.7 Å². The van der Waals surface area contributed by atoms with Crippen LogP contribution in [0.2, 0.25) is 0 Å². The van der Waals surface area contributed by atoms with Gasteiger partial charge in [0.1, 0.15) is 11.9 Å². The maximum Gasteiger partial charge on any atom is 0.335 e. The Balaban J connectivity index is 2.03. The molecule has 0 bridgehead atoms. The standard InChI is InChI=1S/C12H12N2O3/c15-12(16)7-3-4-8-9(6-7)14-11(13-8)10-2-1-5-17-10/h3-4,6,10H,1-2,5H2,(H,13,14)(H,15,16). The van der Waals surface area contributed by atoms with Gasteiger partial charge in [0, 0.05) is 6.61 Å². The highest BCUT2D eigenvalue weighted by Gasteiger charge is 2.21. The van der Waals surface area contributed by atoms with Gasteiger partial charge in [0.25, 0.3) is 0 Å². The highest BCUT2D eigenvalue weighted by molar-refractivity contribution is 5.92. The van der Waals surface area contributed by atoms with Crippen LogP contribution in [0, 0.1) is 0 Å². The number of aromatic nitrogens is 2. The molecule has 2 heterocycles. The van der Waals surface area contributed by atoms with Crippen LogP contribution in [0.3, 0.4) is 0 Å². The molecule has 1 aliphatic heterocycles. The molecular weight excluding hydrogens is 220 g/mol. The van der Waals surface area contributed by atoms with Crippen molar-refractivity contribution in [2.75, 3.05) is 6.61 Å². The fraction of sp³-hybridized carbons (Fsp3) is 0.333. The minimum absolute atomic E-state index is 0.0238. The largest absolute Gasteiger partial charge is 0.478 e. The number of fused-ring (bicyclic) bond motifs is 1. The Labute approximate surface area is 97.4 Å². The van der Waals surface area contributed by atoms with E-state index in [0.29, 0.717) is 0 Å². The lowest BCUT2D eigenvalue weighted by Gasteiger charge is -2.03. The summed E-state index contributed by atoms with van der Waals surface area (Å²) >= 11 is 0. The summed E-state index contributed by atoms with van der Waals surface area (Å²) in [6.07, 6.45) is 2.03. The number of carboxylic acid groups (broad SMARTS) is 1. The number of hydrogen-bond acceptors (Lipinski definition) is 3. The average molecular weight is 232 g/mol. The molecule has 1 unspecified atom stereocenters. The van der Waals surface area contributed by atoms with Crippen LogP contribution in [-0.2, 0) is 4.74 Å². The Bertz CT molecular complexity index is 570. The van der Waals surface area contributed by atoms with Crippen molar-refractivity contribution in [1.82, 2.24) is 9.97 Å². The molecular formula is C12H12N2O3. The quantitative estimate of drug-likeness (QED) is 0.831. The number of nitrogens with zero attached hydrogens (tertiary/aromatic N) is 1. The summed E-state index contributed by atoms with van der Waals surface area (Å²) in [7, 11) is 0. The molecule has 5 nitrogen and oxygen atoms in total. The van der Waals surface area contributed by atoms with E-state index in [1.54, 1.807) is 18.2 Å². The molecule has 2 N–H and O–H groups in total. The van der Waals surface area contributed by atoms with Gasteiger partial charge in [0.2, 0.25) is 0 Å². The summed E-state index contributed by atoms with van der Waals surface area (Å²) in [6, 6.07) is 4.88. The maximum absolute atomic E-state index is 10.8. The van der Waals surface area contributed by atoms with Gasteiger partial charge in [0.05, 0.1) is 16.6 Å². The summed E-state index contributed by atoms with van der Waals surface area (Å²) in [5.41, 5.74) is 1.79. The maximum atomic E-state index is 10.8. The van der Waals surface area contributed by atoms with Crippen molar-refractivity contribution in [3.8, 4) is 0 Å². The molecule has 3 rings (SSSR count). The summed E-state index contributed by atoms with van der Waals surface area (Å²) in [4.78, 5) is 18.4. The van der Waals surface area contributed by atoms with E-state index in [4.69, 9.17) is 9.84 Å². The van der Waals surface area contributed by atoms with Crippen LogP contribution in [0.25, 0.3) is 11.0 Å². The first-order valence-corrected chi connectivity index (χ1v) is 5.58. The fourth-order valence-corrected chi connectivity index (χ4v) is 2.11. The number of ether oxygens (including phenoxy) is 1. The summed E-state index contributed by atoms with van der Waals surface area (Å²) in [6.45, 7) is 0.766. The second kappa shape index (κ2) is 3.85. The Morgan fingerprint density at radius 1 is 1.53 bits per heavy atom. The van der Waals surface area contributed by atoms with Crippen LogP contribution < -0.4 is 0 Å². The van der Waals surface area contributed by atoms with Gasteiger partial charge < -0.3 is 14.8 Å². The van der Waals surface area contributed by atoms with E-state index in [2.05, 4.69) is 9.97 Å². The predicted octanol–water partition coefficient (Wildman–Crippen LogP) is 2.11. The number of carboxylic acids is 1. The number of hydrogen-bond donors (Lipinski definition) is 2. The van der Waals surface area contributed by atoms with Gasteiger partial charge in [-0.3, -0.25) is 0 Å². The minimum Gasteiger partial charge on any atom is -0.478 e. The van der Waals surface area contributed by atoms with Crippen LogP contribution in [0.4, 0.5) is 0 Å². The fourth-order valence-electron chi connectivity index (χ4n) is 2.11. The van der Waals surface area contributed by atoms with Gasteiger partial charge in [-0.1, -0.05) is 0 Å². The van der Waals surface area contributed by atoms with Crippen LogP contribution in [0.5, 0.6) is 0 Å². The van der Waals surface area contributed by atoms with Gasteiger partial charge in [0.15, 0.2) is 0 Å². The number of aromatic carboxylic acids is 1. The lowest BCUT2D eigenvalue weighted by atomic mass is 10.2. The van der Waals surface area contributed by atoms with Gasteiger partial charge in [-0.15, -0.1) is 0 Å². The van der Waals surface area contributed by atoms with Crippen molar-refractivity contribution in [2.45, 2.75) is 18.9 Å². The summed E-state index contributed by atoms with van der Waals surface area (Å²) in [5.74, 6) is -0.139. The molecule has 5 heteroatoms. The molecule has 1 aliphatic rings. The molecule has 1 atom stereocenters. The number of H-pyrrole nitrogens is 1. The first kappa shape index (κ1) is 10.3. The zero-order valence-electron chi connectivity index (χ0n) is 9.14. The molecule has 1 aromatic heterocycles. The highest BCUT2D eigenvalue weighted by Crippen LogP contribution is 2.28. The number of imidazole rings is 1. The number of benzene rings is 1. The monoisotopic (exact) mass is 232 g/mol. The van der Waals surface area contributed by atoms with Crippen molar-refractivity contribution in [3.05, 3.63) is 29.6 Å². The lowest BCUT2D eigenvalue weighted by Crippen LogP contribution is -1.97. The van der Waals surface area contributed by atoms with E-state index in [-0.39, 0.29) is 11.7 Å². The van der Waals surface area contributed by atoms with Gasteiger partial charge in [-0.2, -0.15) is 0 Å². The molecule has 1 saturated heterocycles. The number of carbonyl (C=O) groups is 1. The molecule has 0 aliphatic carbocycles. The SMILES string of the molecule is O=C(O)c1ccc2nc(C3CCCO3)[nH]c2c1. The van der Waals surface area contributed by atoms with E-state index in [1.807, 2.05) is 0 Å². The van der Waals surface area contributed by atoms with Crippen molar-refractivity contribution < 1.29 is 14.6 Å². The zero-order valence-corrected chi connectivity index (χ0v) is 9.14. The molecule has 0 spiro atoms. The summed E-state index contributed by atoms with van der Waals surface area (Å²) in [5, 5.41) is 8.90. The highest BCUT2D eigenvalue weighted by atomic mass is 16.5. The van der Waals surface area contributed by atoms with Crippen molar-refractivity contribution in [3.63, 3.8) is 0 Å². The Morgan fingerprint density at radius 3 is 3.12 bits per heavy atom. The Morgan fingerprint density at radius 2 is 2.41 bits per heavy atom. The van der Waals surface area contributed by atoms with Crippen LogP contribution >= 0.6 is 0 Å². The van der Waals surface area contributed by atoms with Gasteiger partial charge in [-0.05, 0) is 31.0 Å². The predicted molar refractivity (Wildman–Crippen MR) is 61.0 cm³/mol. The average Bonchev–Trinajstić information content (AvgIpc) is 2.96.